The largest absolute Gasteiger partial charge is 0.365 e. The number of hydrogen-bond acceptors (Lipinski definition) is 6. The second-order valence-electron chi connectivity index (χ2n) is 7.47. The van der Waals surface area contributed by atoms with E-state index in [2.05, 4.69) is 27.5 Å². The zero-order chi connectivity index (χ0) is 20.3. The third kappa shape index (κ3) is 4.86. The summed E-state index contributed by atoms with van der Waals surface area (Å²) < 4.78 is 0. The van der Waals surface area contributed by atoms with Crippen molar-refractivity contribution in [3.8, 4) is 0 Å². The van der Waals surface area contributed by atoms with Gasteiger partial charge in [0.1, 0.15) is 5.00 Å². The number of thiophene rings is 1. The summed E-state index contributed by atoms with van der Waals surface area (Å²) in [4.78, 5) is 34.1. The maximum absolute atomic E-state index is 12.4. The molecule has 0 radical (unpaired) electrons. The fourth-order valence-corrected chi connectivity index (χ4v) is 4.98. The van der Waals surface area contributed by atoms with Gasteiger partial charge in [-0.15, -0.1) is 11.3 Å². The maximum Gasteiger partial charge on any atom is 0.251 e. The van der Waals surface area contributed by atoms with Crippen LogP contribution in [0.4, 0.5) is 10.9 Å². The van der Waals surface area contributed by atoms with E-state index in [4.69, 9.17) is 5.73 Å². The van der Waals surface area contributed by atoms with Gasteiger partial charge in [-0.2, -0.15) is 0 Å². The number of carbonyl (C=O) groups excluding carboxylic acids is 2. The van der Waals surface area contributed by atoms with Gasteiger partial charge in [-0.25, -0.2) is 9.97 Å². The first-order chi connectivity index (χ1) is 13.3. The molecule has 0 spiro atoms. The van der Waals surface area contributed by atoms with E-state index in [-0.39, 0.29) is 5.91 Å². The van der Waals surface area contributed by atoms with E-state index in [1.54, 1.807) is 0 Å². The van der Waals surface area contributed by atoms with Crippen molar-refractivity contribution < 1.29 is 9.59 Å². The molecule has 28 heavy (non-hydrogen) atoms. The molecular formula is C20H27N5O2S. The Morgan fingerprint density at radius 2 is 2.00 bits per heavy atom. The van der Waals surface area contributed by atoms with E-state index in [9.17, 15) is 9.59 Å². The van der Waals surface area contributed by atoms with Crippen LogP contribution in [-0.2, 0) is 17.6 Å². The molecule has 1 atom stereocenters. The number of fused-ring (bicyclic) bond motifs is 1. The summed E-state index contributed by atoms with van der Waals surface area (Å²) in [5.74, 6) is 0.594. The quantitative estimate of drug-likeness (QED) is 0.617. The summed E-state index contributed by atoms with van der Waals surface area (Å²) in [6.07, 6.45) is 3.81. The van der Waals surface area contributed by atoms with Crippen molar-refractivity contribution in [2.45, 2.75) is 52.9 Å². The molecule has 3 rings (SSSR count). The second kappa shape index (κ2) is 8.68. The minimum absolute atomic E-state index is 0.114. The molecule has 2 amide bonds. The van der Waals surface area contributed by atoms with Crippen molar-refractivity contribution in [1.82, 2.24) is 9.97 Å². The molecular weight excluding hydrogens is 374 g/mol. The molecule has 7 nitrogen and oxygen atoms in total. The lowest BCUT2D eigenvalue weighted by Crippen LogP contribution is -2.19. The van der Waals surface area contributed by atoms with Crippen molar-refractivity contribution >= 4 is 34.1 Å². The molecule has 1 unspecified atom stereocenters. The van der Waals surface area contributed by atoms with Gasteiger partial charge in [-0.3, -0.25) is 9.59 Å². The molecule has 1 aliphatic carbocycles. The van der Waals surface area contributed by atoms with Gasteiger partial charge in [0.15, 0.2) is 0 Å². The Bertz CT molecular complexity index is 873. The van der Waals surface area contributed by atoms with Gasteiger partial charge < -0.3 is 16.4 Å². The van der Waals surface area contributed by atoms with Crippen LogP contribution < -0.4 is 16.4 Å². The molecule has 2 aromatic rings. The number of nitrogens with one attached hydrogen (secondary N) is 2. The van der Waals surface area contributed by atoms with Crippen LogP contribution in [0.25, 0.3) is 0 Å². The fourth-order valence-electron chi connectivity index (χ4n) is 3.54. The first-order valence-electron chi connectivity index (χ1n) is 9.64. The van der Waals surface area contributed by atoms with Gasteiger partial charge in [0.2, 0.25) is 11.9 Å². The highest BCUT2D eigenvalue weighted by molar-refractivity contribution is 7.17. The number of aryl methyl sites for hydroxylation is 2. The highest BCUT2D eigenvalue weighted by atomic mass is 32.1. The Hall–Kier alpha value is -2.48. The van der Waals surface area contributed by atoms with Gasteiger partial charge in [0.05, 0.1) is 5.56 Å². The fraction of sp³-hybridized carbons (Fsp3) is 0.500. The standard InChI is InChI=1S/C20H27N5O2S/c1-11-6-7-14-15(9-11)28-19(17(14)18(21)27)25-16(26)5-4-8-22-20-23-12(2)10-13(3)24-20/h10-11H,4-9H2,1-3H3,(H2,21,27)(H,25,26)(H,22,23,24). The third-order valence-electron chi connectivity index (χ3n) is 4.86. The summed E-state index contributed by atoms with van der Waals surface area (Å²) in [5.41, 5.74) is 8.94. The van der Waals surface area contributed by atoms with E-state index in [0.29, 0.717) is 41.8 Å². The predicted molar refractivity (Wildman–Crippen MR) is 112 cm³/mol. The van der Waals surface area contributed by atoms with E-state index in [0.717, 1.165) is 36.2 Å². The predicted octanol–water partition coefficient (Wildman–Crippen LogP) is 3.21. The summed E-state index contributed by atoms with van der Waals surface area (Å²) >= 11 is 1.49. The first kappa shape index (κ1) is 20.3. The van der Waals surface area contributed by atoms with Crippen LogP contribution in [0.5, 0.6) is 0 Å². The highest BCUT2D eigenvalue weighted by Gasteiger charge is 2.27. The molecule has 150 valence electrons. The van der Waals surface area contributed by atoms with Crippen LogP contribution in [0.3, 0.4) is 0 Å². The molecule has 0 aliphatic heterocycles. The summed E-state index contributed by atoms with van der Waals surface area (Å²) in [5, 5.41) is 6.65. The molecule has 0 fully saturated rings. The summed E-state index contributed by atoms with van der Waals surface area (Å²) in [6.45, 7) is 6.64. The van der Waals surface area contributed by atoms with E-state index in [1.165, 1.54) is 16.2 Å². The monoisotopic (exact) mass is 401 g/mol. The number of aromatic nitrogens is 2. The summed E-state index contributed by atoms with van der Waals surface area (Å²) in [7, 11) is 0. The smallest absolute Gasteiger partial charge is 0.251 e. The zero-order valence-electron chi connectivity index (χ0n) is 16.6. The lowest BCUT2D eigenvalue weighted by Gasteiger charge is -2.18. The lowest BCUT2D eigenvalue weighted by molar-refractivity contribution is -0.116. The molecule has 2 heterocycles. The maximum atomic E-state index is 12.4. The van der Waals surface area contributed by atoms with Crippen molar-refractivity contribution in [2.24, 2.45) is 11.7 Å². The number of nitrogens with zero attached hydrogens (tertiary/aromatic N) is 2. The van der Waals surface area contributed by atoms with Crippen molar-refractivity contribution in [1.29, 1.82) is 0 Å². The Morgan fingerprint density at radius 3 is 2.68 bits per heavy atom. The molecule has 2 aromatic heterocycles. The number of anilines is 2. The second-order valence-corrected chi connectivity index (χ2v) is 8.58. The SMILES string of the molecule is Cc1cc(C)nc(NCCCC(=O)Nc2sc3c(c2C(N)=O)CCC(C)C3)n1. The number of rotatable bonds is 7. The van der Waals surface area contributed by atoms with Crippen LogP contribution in [0, 0.1) is 19.8 Å². The minimum atomic E-state index is -0.462. The molecule has 0 saturated carbocycles. The molecule has 0 aromatic carbocycles. The van der Waals surface area contributed by atoms with Crippen molar-refractivity contribution in [2.75, 3.05) is 17.2 Å². The van der Waals surface area contributed by atoms with Crippen LogP contribution in [0.15, 0.2) is 6.07 Å². The number of hydrogen-bond donors (Lipinski definition) is 3. The van der Waals surface area contributed by atoms with E-state index >= 15 is 0 Å². The topological polar surface area (TPSA) is 110 Å². The number of carbonyl (C=O) groups is 2. The van der Waals surface area contributed by atoms with Crippen molar-refractivity contribution in [3.05, 3.63) is 33.5 Å². The van der Waals surface area contributed by atoms with Crippen LogP contribution in [-0.4, -0.2) is 28.3 Å². The van der Waals surface area contributed by atoms with Crippen LogP contribution >= 0.6 is 11.3 Å². The van der Waals surface area contributed by atoms with Crippen molar-refractivity contribution in [3.63, 3.8) is 0 Å². The Morgan fingerprint density at radius 1 is 1.29 bits per heavy atom. The molecule has 0 saturated heterocycles. The normalized spacial score (nSPS) is 15.8. The summed E-state index contributed by atoms with van der Waals surface area (Å²) in [6, 6.07) is 1.91. The van der Waals surface area contributed by atoms with Crippen LogP contribution in [0.2, 0.25) is 0 Å². The third-order valence-corrected chi connectivity index (χ3v) is 6.03. The Balaban J connectivity index is 1.55. The lowest BCUT2D eigenvalue weighted by atomic mass is 9.88. The molecule has 0 bridgehead atoms. The average molecular weight is 402 g/mol. The number of amides is 2. The Kier molecular flexibility index (Phi) is 6.28. The molecule has 4 N–H and O–H groups in total. The van der Waals surface area contributed by atoms with E-state index < -0.39 is 5.91 Å². The number of primary amides is 1. The average Bonchev–Trinajstić information content (AvgIpc) is 2.94. The van der Waals surface area contributed by atoms with E-state index in [1.807, 2.05) is 19.9 Å². The highest BCUT2D eigenvalue weighted by Crippen LogP contribution is 2.39. The van der Waals surface area contributed by atoms with Gasteiger partial charge in [-0.05, 0) is 57.1 Å². The van der Waals surface area contributed by atoms with Gasteiger partial charge in [0.25, 0.3) is 5.91 Å². The van der Waals surface area contributed by atoms with Gasteiger partial charge >= 0.3 is 0 Å². The van der Waals surface area contributed by atoms with Gasteiger partial charge in [-0.1, -0.05) is 6.92 Å². The minimum Gasteiger partial charge on any atom is -0.365 e. The van der Waals surface area contributed by atoms with Crippen LogP contribution in [0.1, 0.15) is 58.4 Å². The Labute approximate surface area is 169 Å². The number of nitrogens with two attached hydrogens (primary N) is 1. The first-order valence-corrected chi connectivity index (χ1v) is 10.5. The zero-order valence-corrected chi connectivity index (χ0v) is 17.4. The molecule has 1 aliphatic rings. The van der Waals surface area contributed by atoms with Gasteiger partial charge in [0, 0.05) is 29.2 Å². The molecule has 8 heteroatoms.